The van der Waals surface area contributed by atoms with Crippen molar-refractivity contribution in [3.63, 3.8) is 0 Å². The van der Waals surface area contributed by atoms with Gasteiger partial charge in [0, 0.05) is 43.8 Å². The van der Waals surface area contributed by atoms with Crippen LogP contribution in [0.2, 0.25) is 0 Å². The van der Waals surface area contributed by atoms with E-state index >= 15 is 0 Å². The van der Waals surface area contributed by atoms with E-state index in [9.17, 15) is 0 Å². The summed E-state index contributed by atoms with van der Waals surface area (Å²) in [6, 6.07) is 45.5. The molecule has 0 aliphatic heterocycles. The fraction of sp³-hybridized carbons (Fsp3) is 0.0250. The first-order valence-electron chi connectivity index (χ1n) is 14.9. The highest BCUT2D eigenvalue weighted by atomic mass is 16.3. The lowest BCUT2D eigenvalue weighted by Crippen LogP contribution is -1.99. The van der Waals surface area contributed by atoms with Gasteiger partial charge in [-0.3, -0.25) is 0 Å². The van der Waals surface area contributed by atoms with Crippen LogP contribution in [-0.2, 0) is 0 Å². The molecule has 0 aliphatic carbocycles. The molecular weight excluding hydrogens is 554 g/mol. The Kier molecular flexibility index (Phi) is 5.65. The first-order valence-corrected chi connectivity index (χ1v) is 14.9. The molecule has 3 heterocycles. The quantitative estimate of drug-likeness (QED) is 0.207. The van der Waals surface area contributed by atoms with Gasteiger partial charge in [-0.2, -0.15) is 0 Å². The van der Waals surface area contributed by atoms with Crippen LogP contribution in [0.4, 0.5) is 0 Å². The molecule has 0 N–H and O–H groups in total. The smallest absolute Gasteiger partial charge is 0.163 e. The third-order valence-electron chi connectivity index (χ3n) is 8.46. The fourth-order valence-electron chi connectivity index (χ4n) is 6.29. The maximum absolute atomic E-state index is 6.27. The maximum atomic E-state index is 6.27. The predicted octanol–water partition coefficient (Wildman–Crippen LogP) is 10.6. The lowest BCUT2D eigenvalue weighted by atomic mass is 10.0. The van der Waals surface area contributed by atoms with E-state index in [1.165, 1.54) is 0 Å². The van der Waals surface area contributed by atoms with Gasteiger partial charge >= 0.3 is 0 Å². The van der Waals surface area contributed by atoms with Crippen LogP contribution in [0.5, 0.6) is 0 Å². The van der Waals surface area contributed by atoms with Crippen molar-refractivity contribution < 1.29 is 8.83 Å². The molecule has 0 saturated carbocycles. The number of furan rings is 2. The highest BCUT2D eigenvalue weighted by molar-refractivity contribution is 6.10. The number of nitrogens with zero attached hydrogens (tertiary/aromatic N) is 3. The summed E-state index contributed by atoms with van der Waals surface area (Å²) < 4.78 is 12.5. The van der Waals surface area contributed by atoms with Crippen molar-refractivity contribution in [2.24, 2.45) is 0 Å². The molecule has 0 bridgehead atoms. The fourth-order valence-corrected chi connectivity index (χ4v) is 6.29. The van der Waals surface area contributed by atoms with E-state index < -0.39 is 0 Å². The minimum absolute atomic E-state index is 0.641. The summed E-state index contributed by atoms with van der Waals surface area (Å²) in [4.78, 5) is 14.2. The summed E-state index contributed by atoms with van der Waals surface area (Å²) in [6.07, 6.45) is 0. The second-order valence-corrected chi connectivity index (χ2v) is 11.2. The zero-order chi connectivity index (χ0) is 29.9. The first-order chi connectivity index (χ1) is 22.2. The Labute approximate surface area is 258 Å². The molecule has 9 rings (SSSR count). The summed E-state index contributed by atoms with van der Waals surface area (Å²) >= 11 is 0. The van der Waals surface area contributed by atoms with Crippen LogP contribution in [-0.4, -0.2) is 15.0 Å². The molecular formula is C40H25N3O2. The van der Waals surface area contributed by atoms with Gasteiger partial charge in [-0.25, -0.2) is 15.0 Å². The van der Waals surface area contributed by atoms with Crippen LogP contribution in [0.25, 0.3) is 88.9 Å². The molecule has 0 spiro atoms. The number of fused-ring (bicyclic) bond motifs is 6. The summed E-state index contributed by atoms with van der Waals surface area (Å²) in [5.74, 6) is 1.95. The van der Waals surface area contributed by atoms with E-state index in [0.717, 1.165) is 77.3 Å². The third-order valence-corrected chi connectivity index (χ3v) is 8.46. The highest BCUT2D eigenvalue weighted by Gasteiger charge is 2.15. The van der Waals surface area contributed by atoms with Crippen molar-refractivity contribution in [2.45, 2.75) is 6.92 Å². The van der Waals surface area contributed by atoms with Gasteiger partial charge in [-0.15, -0.1) is 0 Å². The standard InChI is InChI=1S/C40H25N3O2/c1-24-41-39(27-20-16-25(17-21-27)29-10-6-12-33-31-8-2-4-14-35(31)44-37(29)33)43-40(42-24)28-22-18-26(19-23-28)30-11-7-13-34-32-9-3-5-15-36(32)45-38(30)34/h2-23H,1H3. The summed E-state index contributed by atoms with van der Waals surface area (Å²) in [7, 11) is 0. The largest absolute Gasteiger partial charge is 0.455 e. The Bertz CT molecular complexity index is 2370. The minimum Gasteiger partial charge on any atom is -0.455 e. The van der Waals surface area contributed by atoms with E-state index in [4.69, 9.17) is 13.8 Å². The number of hydrogen-bond acceptors (Lipinski definition) is 5. The molecule has 0 unspecified atom stereocenters. The van der Waals surface area contributed by atoms with Gasteiger partial charge in [0.05, 0.1) is 0 Å². The van der Waals surface area contributed by atoms with Crippen LogP contribution >= 0.6 is 0 Å². The van der Waals surface area contributed by atoms with Crippen molar-refractivity contribution in [3.05, 3.63) is 139 Å². The van der Waals surface area contributed by atoms with Crippen molar-refractivity contribution in [1.29, 1.82) is 0 Å². The van der Waals surface area contributed by atoms with Crippen LogP contribution in [0.15, 0.2) is 142 Å². The summed E-state index contributed by atoms with van der Waals surface area (Å²) in [5, 5.41) is 4.48. The Morgan fingerprint density at radius 1 is 0.378 bits per heavy atom. The number of aryl methyl sites for hydroxylation is 1. The molecule has 0 saturated heterocycles. The molecule has 0 radical (unpaired) electrons. The molecule has 212 valence electrons. The molecule has 0 atom stereocenters. The molecule has 3 aromatic heterocycles. The van der Waals surface area contributed by atoms with Crippen LogP contribution in [0, 0.1) is 6.92 Å². The number of aromatic nitrogens is 3. The lowest BCUT2D eigenvalue weighted by molar-refractivity contribution is 0.669. The van der Waals surface area contributed by atoms with Crippen molar-refractivity contribution in [3.8, 4) is 45.0 Å². The topological polar surface area (TPSA) is 65.0 Å². The summed E-state index contributed by atoms with van der Waals surface area (Å²) in [6.45, 7) is 1.90. The van der Waals surface area contributed by atoms with Crippen LogP contribution < -0.4 is 0 Å². The zero-order valence-corrected chi connectivity index (χ0v) is 24.4. The highest BCUT2D eigenvalue weighted by Crippen LogP contribution is 2.38. The number of para-hydroxylation sites is 4. The number of benzene rings is 6. The van der Waals surface area contributed by atoms with E-state index in [1.807, 2.05) is 43.3 Å². The van der Waals surface area contributed by atoms with Crippen molar-refractivity contribution >= 4 is 43.9 Å². The summed E-state index contributed by atoms with van der Waals surface area (Å²) in [5.41, 5.74) is 9.69. The van der Waals surface area contributed by atoms with Gasteiger partial charge in [-0.05, 0) is 30.2 Å². The van der Waals surface area contributed by atoms with Crippen molar-refractivity contribution in [1.82, 2.24) is 15.0 Å². The van der Waals surface area contributed by atoms with Gasteiger partial charge in [0.2, 0.25) is 0 Å². The number of hydrogen-bond donors (Lipinski definition) is 0. The van der Waals surface area contributed by atoms with Gasteiger partial charge < -0.3 is 8.83 Å². The van der Waals surface area contributed by atoms with Crippen LogP contribution in [0.3, 0.4) is 0 Å². The second kappa shape index (κ2) is 10.00. The van der Waals surface area contributed by atoms with E-state index in [0.29, 0.717) is 17.5 Å². The zero-order valence-electron chi connectivity index (χ0n) is 24.4. The third kappa shape index (κ3) is 4.20. The molecule has 45 heavy (non-hydrogen) atoms. The Morgan fingerprint density at radius 3 is 1.24 bits per heavy atom. The lowest BCUT2D eigenvalue weighted by Gasteiger charge is -2.08. The van der Waals surface area contributed by atoms with E-state index in [1.54, 1.807) is 0 Å². The average molecular weight is 580 g/mol. The SMILES string of the molecule is Cc1nc(-c2ccc(-c3cccc4c3oc3ccccc34)cc2)nc(-c2ccc(-c3cccc4c3oc3ccccc34)cc2)n1. The molecule has 5 heteroatoms. The van der Waals surface area contributed by atoms with Gasteiger partial charge in [0.25, 0.3) is 0 Å². The van der Waals surface area contributed by atoms with Gasteiger partial charge in [-0.1, -0.05) is 121 Å². The molecule has 5 nitrogen and oxygen atoms in total. The second-order valence-electron chi connectivity index (χ2n) is 11.2. The molecule has 0 aliphatic rings. The van der Waals surface area contributed by atoms with Gasteiger partial charge in [0.1, 0.15) is 28.2 Å². The molecule has 0 amide bonds. The van der Waals surface area contributed by atoms with E-state index in [-0.39, 0.29) is 0 Å². The molecule has 9 aromatic rings. The molecule has 6 aromatic carbocycles. The number of rotatable bonds is 4. The average Bonchev–Trinajstić information content (AvgIpc) is 3.67. The first kappa shape index (κ1) is 25.4. The van der Waals surface area contributed by atoms with Crippen molar-refractivity contribution in [2.75, 3.05) is 0 Å². The normalized spacial score (nSPS) is 11.7. The Hall–Kier alpha value is -6.07. The van der Waals surface area contributed by atoms with Gasteiger partial charge in [0.15, 0.2) is 11.6 Å². The monoisotopic (exact) mass is 579 g/mol. The van der Waals surface area contributed by atoms with E-state index in [2.05, 4.69) is 107 Å². The Morgan fingerprint density at radius 2 is 0.778 bits per heavy atom. The minimum atomic E-state index is 0.641. The predicted molar refractivity (Wildman–Crippen MR) is 181 cm³/mol. The molecule has 0 fully saturated rings. The van der Waals surface area contributed by atoms with Crippen LogP contribution in [0.1, 0.15) is 5.82 Å². The Balaban J connectivity index is 1.05. The maximum Gasteiger partial charge on any atom is 0.163 e.